The SMILES string of the molecule is CCCC(=O)Nc1ccccc1CC#N. The second-order valence-electron chi connectivity index (χ2n) is 3.29. The largest absolute Gasteiger partial charge is 0.326 e. The highest BCUT2D eigenvalue weighted by Gasteiger charge is 2.04. The topological polar surface area (TPSA) is 52.9 Å². The number of nitriles is 1. The second kappa shape index (κ2) is 5.82. The molecule has 15 heavy (non-hydrogen) atoms. The molecule has 0 aliphatic heterocycles. The highest BCUT2D eigenvalue weighted by molar-refractivity contribution is 5.91. The molecule has 0 aromatic heterocycles. The van der Waals surface area contributed by atoms with Gasteiger partial charge < -0.3 is 5.32 Å². The molecule has 0 fully saturated rings. The van der Waals surface area contributed by atoms with Gasteiger partial charge in [-0.1, -0.05) is 25.1 Å². The Kier molecular flexibility index (Phi) is 4.36. The van der Waals surface area contributed by atoms with E-state index in [1.54, 1.807) is 0 Å². The average Bonchev–Trinajstić information content (AvgIpc) is 2.21. The molecule has 3 heteroatoms. The number of carbonyl (C=O) groups is 1. The Balaban J connectivity index is 2.76. The van der Waals surface area contributed by atoms with Crippen molar-refractivity contribution in [3.63, 3.8) is 0 Å². The molecule has 0 unspecified atom stereocenters. The summed E-state index contributed by atoms with van der Waals surface area (Å²) in [6.07, 6.45) is 1.66. The van der Waals surface area contributed by atoms with Crippen LogP contribution >= 0.6 is 0 Å². The lowest BCUT2D eigenvalue weighted by Crippen LogP contribution is -2.12. The van der Waals surface area contributed by atoms with E-state index in [1.165, 1.54) is 0 Å². The van der Waals surface area contributed by atoms with Crippen molar-refractivity contribution < 1.29 is 4.79 Å². The number of amides is 1. The summed E-state index contributed by atoms with van der Waals surface area (Å²) in [4.78, 5) is 11.4. The lowest BCUT2D eigenvalue weighted by atomic mass is 10.1. The average molecular weight is 202 g/mol. The van der Waals surface area contributed by atoms with Crippen LogP contribution in [0, 0.1) is 11.3 Å². The van der Waals surface area contributed by atoms with Gasteiger partial charge >= 0.3 is 0 Å². The number of hydrogen-bond donors (Lipinski definition) is 1. The van der Waals surface area contributed by atoms with Crippen molar-refractivity contribution in [2.75, 3.05) is 5.32 Å². The lowest BCUT2D eigenvalue weighted by molar-refractivity contribution is -0.116. The number of hydrogen-bond acceptors (Lipinski definition) is 2. The van der Waals surface area contributed by atoms with Gasteiger partial charge in [0.25, 0.3) is 0 Å². The Morgan fingerprint density at radius 2 is 2.20 bits per heavy atom. The zero-order valence-electron chi connectivity index (χ0n) is 8.79. The van der Waals surface area contributed by atoms with Crippen LogP contribution < -0.4 is 5.32 Å². The van der Waals surface area contributed by atoms with Gasteiger partial charge in [-0.15, -0.1) is 0 Å². The molecular formula is C12H14N2O. The molecule has 3 nitrogen and oxygen atoms in total. The Bertz CT molecular complexity index is 379. The molecule has 0 aliphatic rings. The van der Waals surface area contributed by atoms with E-state index in [0.29, 0.717) is 12.8 Å². The standard InChI is InChI=1S/C12H14N2O/c1-2-5-12(15)14-11-7-4-3-6-10(11)8-9-13/h3-4,6-7H,2,5,8H2,1H3,(H,14,15). The molecule has 0 heterocycles. The van der Waals surface area contributed by atoms with E-state index in [2.05, 4.69) is 11.4 Å². The molecule has 0 saturated heterocycles. The first-order chi connectivity index (χ1) is 7.27. The van der Waals surface area contributed by atoms with Crippen LogP contribution in [0.4, 0.5) is 5.69 Å². The third-order valence-electron chi connectivity index (χ3n) is 2.04. The van der Waals surface area contributed by atoms with E-state index < -0.39 is 0 Å². The number of nitrogens with one attached hydrogen (secondary N) is 1. The fourth-order valence-electron chi connectivity index (χ4n) is 1.32. The van der Waals surface area contributed by atoms with Crippen molar-refractivity contribution in [3.05, 3.63) is 29.8 Å². The van der Waals surface area contributed by atoms with Gasteiger partial charge in [-0.3, -0.25) is 4.79 Å². The minimum Gasteiger partial charge on any atom is -0.326 e. The minimum atomic E-state index is 0.00268. The van der Waals surface area contributed by atoms with E-state index >= 15 is 0 Å². The Hall–Kier alpha value is -1.82. The van der Waals surface area contributed by atoms with Crippen LogP contribution in [0.1, 0.15) is 25.3 Å². The fraction of sp³-hybridized carbons (Fsp3) is 0.333. The maximum absolute atomic E-state index is 11.4. The van der Waals surface area contributed by atoms with Gasteiger partial charge in [0.1, 0.15) is 0 Å². The van der Waals surface area contributed by atoms with Gasteiger partial charge in [-0.25, -0.2) is 0 Å². The summed E-state index contributed by atoms with van der Waals surface area (Å²) in [5.74, 6) is 0.00268. The monoisotopic (exact) mass is 202 g/mol. The van der Waals surface area contributed by atoms with Crippen molar-refractivity contribution in [2.45, 2.75) is 26.2 Å². The van der Waals surface area contributed by atoms with Crippen LogP contribution in [0.3, 0.4) is 0 Å². The van der Waals surface area contributed by atoms with Crippen LogP contribution in [-0.2, 0) is 11.2 Å². The fourth-order valence-corrected chi connectivity index (χ4v) is 1.32. The van der Waals surface area contributed by atoms with Gasteiger partial charge in [0.15, 0.2) is 0 Å². The van der Waals surface area contributed by atoms with E-state index in [0.717, 1.165) is 17.7 Å². The van der Waals surface area contributed by atoms with Crippen LogP contribution in [0.25, 0.3) is 0 Å². The first-order valence-corrected chi connectivity index (χ1v) is 5.02. The van der Waals surface area contributed by atoms with E-state index in [-0.39, 0.29) is 5.91 Å². The summed E-state index contributed by atoms with van der Waals surface area (Å²) >= 11 is 0. The minimum absolute atomic E-state index is 0.00268. The number of carbonyl (C=O) groups excluding carboxylic acids is 1. The third-order valence-corrected chi connectivity index (χ3v) is 2.04. The van der Waals surface area contributed by atoms with Crippen molar-refractivity contribution in [1.29, 1.82) is 5.26 Å². The molecule has 1 N–H and O–H groups in total. The van der Waals surface area contributed by atoms with E-state index in [1.807, 2.05) is 31.2 Å². The normalized spacial score (nSPS) is 9.33. The molecule has 1 amide bonds. The van der Waals surface area contributed by atoms with Crippen LogP contribution in [-0.4, -0.2) is 5.91 Å². The molecule has 0 aliphatic carbocycles. The third kappa shape index (κ3) is 3.43. The summed E-state index contributed by atoms with van der Waals surface area (Å²) in [7, 11) is 0. The smallest absolute Gasteiger partial charge is 0.224 e. The molecule has 0 atom stereocenters. The quantitative estimate of drug-likeness (QED) is 0.815. The second-order valence-corrected chi connectivity index (χ2v) is 3.29. The number of benzene rings is 1. The zero-order chi connectivity index (χ0) is 11.1. The summed E-state index contributed by atoms with van der Waals surface area (Å²) in [5, 5.41) is 11.4. The number of para-hydroxylation sites is 1. The number of nitrogens with zero attached hydrogens (tertiary/aromatic N) is 1. The molecule has 0 saturated carbocycles. The number of rotatable bonds is 4. The summed E-state index contributed by atoms with van der Waals surface area (Å²) < 4.78 is 0. The Labute approximate surface area is 89.7 Å². The van der Waals surface area contributed by atoms with Gasteiger partial charge in [0.2, 0.25) is 5.91 Å². The summed E-state index contributed by atoms with van der Waals surface area (Å²) in [6.45, 7) is 1.96. The van der Waals surface area contributed by atoms with E-state index in [4.69, 9.17) is 5.26 Å². The lowest BCUT2D eigenvalue weighted by Gasteiger charge is -2.07. The Morgan fingerprint density at radius 3 is 2.87 bits per heavy atom. The molecular weight excluding hydrogens is 188 g/mol. The Morgan fingerprint density at radius 1 is 1.47 bits per heavy atom. The summed E-state index contributed by atoms with van der Waals surface area (Å²) in [6, 6.07) is 9.46. The molecule has 0 radical (unpaired) electrons. The van der Waals surface area contributed by atoms with E-state index in [9.17, 15) is 4.79 Å². The molecule has 1 aromatic rings. The molecule has 1 aromatic carbocycles. The van der Waals surface area contributed by atoms with Crippen molar-refractivity contribution in [3.8, 4) is 6.07 Å². The molecule has 0 bridgehead atoms. The van der Waals surface area contributed by atoms with Gasteiger partial charge in [0.05, 0.1) is 12.5 Å². The maximum Gasteiger partial charge on any atom is 0.224 e. The van der Waals surface area contributed by atoms with Gasteiger partial charge in [-0.2, -0.15) is 5.26 Å². The van der Waals surface area contributed by atoms with Crippen molar-refractivity contribution in [2.24, 2.45) is 0 Å². The maximum atomic E-state index is 11.4. The van der Waals surface area contributed by atoms with Crippen molar-refractivity contribution in [1.82, 2.24) is 0 Å². The van der Waals surface area contributed by atoms with Gasteiger partial charge in [0, 0.05) is 12.1 Å². The molecule has 1 rings (SSSR count). The number of anilines is 1. The van der Waals surface area contributed by atoms with Crippen LogP contribution in [0.2, 0.25) is 0 Å². The first-order valence-electron chi connectivity index (χ1n) is 5.02. The highest BCUT2D eigenvalue weighted by atomic mass is 16.1. The molecule has 78 valence electrons. The predicted octanol–water partition coefficient (Wildman–Crippen LogP) is 2.49. The highest BCUT2D eigenvalue weighted by Crippen LogP contribution is 2.15. The van der Waals surface area contributed by atoms with Gasteiger partial charge in [-0.05, 0) is 18.1 Å². The van der Waals surface area contributed by atoms with Crippen LogP contribution in [0.15, 0.2) is 24.3 Å². The summed E-state index contributed by atoms with van der Waals surface area (Å²) in [5.41, 5.74) is 1.61. The van der Waals surface area contributed by atoms with Crippen molar-refractivity contribution >= 4 is 11.6 Å². The zero-order valence-corrected chi connectivity index (χ0v) is 8.79. The van der Waals surface area contributed by atoms with Crippen LogP contribution in [0.5, 0.6) is 0 Å². The first kappa shape index (κ1) is 11.3. The molecule has 0 spiro atoms. The predicted molar refractivity (Wildman–Crippen MR) is 59.3 cm³/mol.